The molecule has 0 aliphatic carbocycles. The van der Waals surface area contributed by atoms with Gasteiger partial charge in [0.25, 0.3) is 0 Å². The molecule has 4 N–H and O–H groups in total. The molecule has 0 aromatic heterocycles. The molecule has 0 aliphatic rings. The Hall–Kier alpha value is -1.88. The molecule has 0 unspecified atom stereocenters. The smallest absolute Gasteiger partial charge is 0.224 e. The fourth-order valence-electron chi connectivity index (χ4n) is 1.62. The van der Waals surface area contributed by atoms with Gasteiger partial charge in [-0.25, -0.2) is 0 Å². The molecular weight excluding hydrogens is 230 g/mol. The van der Waals surface area contributed by atoms with Crippen LogP contribution in [0.5, 0.6) is 0 Å². The molecule has 5 heteroatoms. The van der Waals surface area contributed by atoms with Gasteiger partial charge >= 0.3 is 0 Å². The average Bonchev–Trinajstić information content (AvgIpc) is 2.35. The minimum absolute atomic E-state index is 0.0531. The monoisotopic (exact) mass is 249 g/mol. The summed E-state index contributed by atoms with van der Waals surface area (Å²) in [6.45, 7) is 1.12. The summed E-state index contributed by atoms with van der Waals surface area (Å²) < 4.78 is 0. The van der Waals surface area contributed by atoms with E-state index >= 15 is 0 Å². The number of carbonyl (C=O) groups is 2. The molecule has 1 aromatic carbocycles. The Morgan fingerprint density at radius 2 is 1.78 bits per heavy atom. The van der Waals surface area contributed by atoms with E-state index in [9.17, 15) is 9.59 Å². The molecule has 1 aromatic rings. The van der Waals surface area contributed by atoms with Crippen molar-refractivity contribution in [3.05, 3.63) is 35.9 Å². The molecule has 5 nitrogen and oxygen atoms in total. The summed E-state index contributed by atoms with van der Waals surface area (Å²) >= 11 is 0. The van der Waals surface area contributed by atoms with E-state index in [4.69, 9.17) is 11.5 Å². The van der Waals surface area contributed by atoms with E-state index in [1.165, 1.54) is 0 Å². The first kappa shape index (κ1) is 14.2. The molecule has 98 valence electrons. The lowest BCUT2D eigenvalue weighted by Crippen LogP contribution is -2.34. The van der Waals surface area contributed by atoms with Gasteiger partial charge in [-0.05, 0) is 5.56 Å². The van der Waals surface area contributed by atoms with Crippen LogP contribution in [0, 0.1) is 0 Å². The van der Waals surface area contributed by atoms with E-state index in [2.05, 4.69) is 0 Å². The minimum atomic E-state index is -0.409. The minimum Gasteiger partial charge on any atom is -0.370 e. The van der Waals surface area contributed by atoms with Crippen LogP contribution in [-0.2, 0) is 16.1 Å². The Bertz CT molecular complexity index is 392. The van der Waals surface area contributed by atoms with Gasteiger partial charge in [-0.1, -0.05) is 30.3 Å². The highest BCUT2D eigenvalue weighted by Crippen LogP contribution is 2.06. The van der Waals surface area contributed by atoms with Crippen molar-refractivity contribution in [3.63, 3.8) is 0 Å². The summed E-state index contributed by atoms with van der Waals surface area (Å²) in [4.78, 5) is 24.3. The van der Waals surface area contributed by atoms with Crippen LogP contribution in [-0.4, -0.2) is 29.8 Å². The van der Waals surface area contributed by atoms with Crippen LogP contribution in [0.2, 0.25) is 0 Å². The zero-order valence-electron chi connectivity index (χ0n) is 10.3. The molecule has 0 saturated carbocycles. The predicted molar refractivity (Wildman–Crippen MR) is 69.3 cm³/mol. The first-order valence-corrected chi connectivity index (χ1v) is 5.93. The summed E-state index contributed by atoms with van der Waals surface area (Å²) in [5.41, 5.74) is 11.5. The van der Waals surface area contributed by atoms with Gasteiger partial charge in [0, 0.05) is 32.5 Å². The Morgan fingerprint density at radius 1 is 1.11 bits per heavy atom. The number of nitrogens with two attached hydrogens (primary N) is 2. The van der Waals surface area contributed by atoms with Crippen molar-refractivity contribution in [3.8, 4) is 0 Å². The number of rotatable bonds is 7. The number of nitrogens with zero attached hydrogens (tertiary/aromatic N) is 1. The van der Waals surface area contributed by atoms with E-state index in [1.54, 1.807) is 4.90 Å². The normalized spacial score (nSPS) is 10.1. The number of amides is 2. The highest BCUT2D eigenvalue weighted by atomic mass is 16.2. The third-order valence-electron chi connectivity index (χ3n) is 2.56. The van der Waals surface area contributed by atoms with E-state index in [0.717, 1.165) is 5.56 Å². The van der Waals surface area contributed by atoms with Crippen LogP contribution in [0.4, 0.5) is 0 Å². The van der Waals surface area contributed by atoms with Crippen molar-refractivity contribution < 1.29 is 9.59 Å². The van der Waals surface area contributed by atoms with Gasteiger partial charge in [-0.15, -0.1) is 0 Å². The van der Waals surface area contributed by atoms with E-state index < -0.39 is 5.91 Å². The van der Waals surface area contributed by atoms with Gasteiger partial charge in [0.2, 0.25) is 11.8 Å². The molecule has 1 rings (SSSR count). The van der Waals surface area contributed by atoms with Gasteiger partial charge in [0.15, 0.2) is 0 Å². The second-order valence-electron chi connectivity index (χ2n) is 4.06. The zero-order chi connectivity index (χ0) is 13.4. The second-order valence-corrected chi connectivity index (χ2v) is 4.06. The van der Waals surface area contributed by atoms with Crippen molar-refractivity contribution >= 4 is 11.8 Å². The quantitative estimate of drug-likeness (QED) is 0.725. The third-order valence-corrected chi connectivity index (χ3v) is 2.56. The fourth-order valence-corrected chi connectivity index (χ4v) is 1.62. The van der Waals surface area contributed by atoms with Crippen LogP contribution in [0.25, 0.3) is 0 Å². The Labute approximate surface area is 107 Å². The summed E-state index contributed by atoms with van der Waals surface area (Å²) in [5, 5.41) is 0. The summed E-state index contributed by atoms with van der Waals surface area (Å²) in [5.74, 6) is -0.462. The molecule has 0 aliphatic heterocycles. The average molecular weight is 249 g/mol. The Kier molecular flexibility index (Phi) is 5.87. The number of carbonyl (C=O) groups excluding carboxylic acids is 2. The largest absolute Gasteiger partial charge is 0.370 e. The van der Waals surface area contributed by atoms with Gasteiger partial charge in [-0.3, -0.25) is 9.59 Å². The molecule has 0 bridgehead atoms. The zero-order valence-corrected chi connectivity index (χ0v) is 10.3. The summed E-state index contributed by atoms with van der Waals surface area (Å²) in [6.07, 6.45) is 0.453. The summed E-state index contributed by atoms with van der Waals surface area (Å²) in [7, 11) is 0. The van der Waals surface area contributed by atoms with Crippen LogP contribution >= 0.6 is 0 Å². The number of hydrogen-bond acceptors (Lipinski definition) is 3. The standard InChI is InChI=1S/C13H19N3O2/c14-8-6-13(18)16(9-7-12(15)17)10-11-4-2-1-3-5-11/h1-5H,6-10,14H2,(H2,15,17). The van der Waals surface area contributed by atoms with E-state index in [-0.39, 0.29) is 18.7 Å². The Balaban J connectivity index is 2.64. The first-order valence-electron chi connectivity index (χ1n) is 5.93. The number of hydrogen-bond donors (Lipinski definition) is 2. The lowest BCUT2D eigenvalue weighted by molar-refractivity contribution is -0.132. The highest BCUT2D eigenvalue weighted by Gasteiger charge is 2.13. The number of primary amides is 1. The van der Waals surface area contributed by atoms with Gasteiger partial charge < -0.3 is 16.4 Å². The van der Waals surface area contributed by atoms with Crippen molar-refractivity contribution in [1.82, 2.24) is 4.90 Å². The predicted octanol–water partition coefficient (Wildman–Crippen LogP) is 0.239. The third kappa shape index (κ3) is 4.97. The highest BCUT2D eigenvalue weighted by molar-refractivity contribution is 5.78. The molecule has 0 radical (unpaired) electrons. The van der Waals surface area contributed by atoms with E-state index in [0.29, 0.717) is 19.6 Å². The van der Waals surface area contributed by atoms with E-state index in [1.807, 2.05) is 30.3 Å². The molecule has 0 saturated heterocycles. The molecular formula is C13H19N3O2. The maximum atomic E-state index is 11.9. The van der Waals surface area contributed by atoms with Crippen molar-refractivity contribution in [2.75, 3.05) is 13.1 Å². The summed E-state index contributed by atoms with van der Waals surface area (Å²) in [6, 6.07) is 9.61. The van der Waals surface area contributed by atoms with Crippen molar-refractivity contribution in [2.24, 2.45) is 11.5 Å². The topological polar surface area (TPSA) is 89.4 Å². The molecule has 0 spiro atoms. The maximum Gasteiger partial charge on any atom is 0.224 e. The van der Waals surface area contributed by atoms with Gasteiger partial charge in [0.1, 0.15) is 0 Å². The van der Waals surface area contributed by atoms with Crippen LogP contribution in [0.15, 0.2) is 30.3 Å². The maximum absolute atomic E-state index is 11.9. The van der Waals surface area contributed by atoms with Gasteiger partial charge in [-0.2, -0.15) is 0 Å². The fraction of sp³-hybridized carbons (Fsp3) is 0.385. The lowest BCUT2D eigenvalue weighted by atomic mass is 10.2. The Morgan fingerprint density at radius 3 is 2.33 bits per heavy atom. The molecule has 2 amide bonds. The van der Waals surface area contributed by atoms with Crippen LogP contribution in [0.3, 0.4) is 0 Å². The SMILES string of the molecule is NCCC(=O)N(CCC(N)=O)Cc1ccccc1. The van der Waals surface area contributed by atoms with Crippen LogP contribution < -0.4 is 11.5 Å². The van der Waals surface area contributed by atoms with Crippen LogP contribution in [0.1, 0.15) is 18.4 Å². The molecule has 0 atom stereocenters. The number of benzene rings is 1. The first-order chi connectivity index (χ1) is 8.63. The molecule has 18 heavy (non-hydrogen) atoms. The lowest BCUT2D eigenvalue weighted by Gasteiger charge is -2.22. The van der Waals surface area contributed by atoms with Crippen molar-refractivity contribution in [1.29, 1.82) is 0 Å². The molecule has 0 heterocycles. The van der Waals surface area contributed by atoms with Gasteiger partial charge in [0.05, 0.1) is 0 Å². The van der Waals surface area contributed by atoms with Crippen molar-refractivity contribution in [2.45, 2.75) is 19.4 Å². The molecule has 0 fully saturated rings. The second kappa shape index (κ2) is 7.45.